The smallest absolute Gasteiger partial charge is 0.698 e. The molecule has 0 saturated carbocycles. The molecule has 6 aromatic rings. The minimum atomic E-state index is 0. The van der Waals surface area contributed by atoms with E-state index >= 15 is 0 Å². The van der Waals surface area contributed by atoms with E-state index in [4.69, 9.17) is 0 Å². The normalized spacial score (nSPS) is 12.1. The summed E-state index contributed by atoms with van der Waals surface area (Å²) in [6, 6.07) is 32.3. The topological polar surface area (TPSA) is 47.6 Å². The number of benzene rings is 6. The molecular weight excluding hydrogens is 951 g/mol. The van der Waals surface area contributed by atoms with E-state index in [1.54, 1.807) is 0 Å². The zero-order valence-electron chi connectivity index (χ0n) is 51.3. The van der Waals surface area contributed by atoms with Crippen LogP contribution in [0, 0.1) is 0 Å². The summed E-state index contributed by atoms with van der Waals surface area (Å²) in [4.78, 5) is 0. The Labute approximate surface area is 470 Å². The van der Waals surface area contributed by atoms with Crippen LogP contribution < -0.4 is 0 Å². The molecule has 0 bridgehead atoms. The second-order valence-electron chi connectivity index (χ2n) is 25.6. The molecule has 0 aliphatic rings. The van der Waals surface area contributed by atoms with Gasteiger partial charge in [0.15, 0.2) is 0 Å². The van der Waals surface area contributed by atoms with Gasteiger partial charge in [0, 0.05) is 0 Å². The van der Waals surface area contributed by atoms with E-state index in [9.17, 15) is 11.5 Å². The van der Waals surface area contributed by atoms with Gasteiger partial charge in [-0.15, -0.1) is 11.4 Å². The van der Waals surface area contributed by atoms with Gasteiger partial charge in [0.1, 0.15) is 0 Å². The Morgan fingerprint density at radius 2 is 0.360 bits per heavy atom. The van der Waals surface area contributed by atoms with Crippen LogP contribution in [0.1, 0.15) is 304 Å². The Morgan fingerprint density at radius 1 is 0.227 bits per heavy atom. The third kappa shape index (κ3) is 13.8. The molecule has 408 valence electrons. The van der Waals surface area contributed by atoms with Gasteiger partial charge in [-0.1, -0.05) is 251 Å². The summed E-state index contributed by atoms with van der Waals surface area (Å²) in [6.45, 7) is 54.9. The molecule has 0 fully saturated rings. The molecule has 6 rings (SSSR count). The molecule has 0 aliphatic heterocycles. The van der Waals surface area contributed by atoms with Gasteiger partial charge in [-0.2, -0.15) is 0 Å². The van der Waals surface area contributed by atoms with Crippen LogP contribution in [-0.4, -0.2) is 0 Å². The van der Waals surface area contributed by atoms with Gasteiger partial charge in [-0.25, -0.2) is 0 Å². The monoisotopic (exact) mass is 1050 g/mol. The summed E-state index contributed by atoms with van der Waals surface area (Å²) < 4.78 is 0. The van der Waals surface area contributed by atoms with Crippen molar-refractivity contribution in [1.82, 2.24) is 0 Å². The molecule has 0 heterocycles. The molecule has 0 aromatic heterocycles. The molecule has 3 heteroatoms. The van der Waals surface area contributed by atoms with Crippen LogP contribution in [0.25, 0.3) is 56.0 Å². The zero-order chi connectivity index (χ0) is 55.5. The van der Waals surface area contributed by atoms with Crippen LogP contribution in [0.3, 0.4) is 0 Å². The summed E-state index contributed by atoms with van der Waals surface area (Å²) in [7, 11) is 0. The average Bonchev–Trinajstić information content (AvgIpc) is 3.32. The number of hydrogen-bond donors (Lipinski definition) is 0. The summed E-state index contributed by atoms with van der Waals surface area (Å²) in [5.41, 5.74) is 46.5. The van der Waals surface area contributed by atoms with Gasteiger partial charge in [0.2, 0.25) is 0 Å². The fraction of sp³-hybridized carbons (Fsp3) is 0.500. The van der Waals surface area contributed by atoms with Crippen molar-refractivity contribution in [3.63, 3.8) is 0 Å². The van der Waals surface area contributed by atoms with Crippen LogP contribution in [0.5, 0.6) is 0 Å². The first-order chi connectivity index (χ1) is 34.5. The first-order valence-corrected chi connectivity index (χ1v) is 28.9. The van der Waals surface area contributed by atoms with Gasteiger partial charge in [0.05, 0.1) is 0 Å². The SMILES string of the molecule is CC(C)c1cc(C(C)C)c(-c2cccc(-c3c(C(C)C)cc(C(C)C)cc3C(C)C)c2[NH-])c(C(C)C)c1.CC(C)c1cc(C(C)C)c(-c2cccc(-c3c(C(C)C)cc(C(C)C)cc3C(C)C)c2[NH-])c(C(C)C)c1.[Ni+2]. The maximum atomic E-state index is 9.65. The Bertz CT molecular complexity index is 2380. The predicted molar refractivity (Wildman–Crippen MR) is 332 cm³/mol. The van der Waals surface area contributed by atoms with Crippen LogP contribution in [0.4, 0.5) is 11.4 Å². The first kappa shape index (κ1) is 62.9. The molecule has 0 radical (unpaired) electrons. The standard InChI is InChI=1S/2C36H50N.Ni/c2*1-20(2)26-16-30(22(5)6)34(31(17-26)23(7)8)28-14-13-15-29(36(28)37)35-32(24(9)10)18-27(21(3)4)19-33(35)25(11)12;/h2*13-25,37H,1-12H3;/q2*-1;+2. The molecule has 0 saturated heterocycles. The second kappa shape index (κ2) is 26.2. The fourth-order valence-corrected chi connectivity index (χ4v) is 11.0. The Morgan fingerprint density at radius 3 is 0.467 bits per heavy atom. The van der Waals surface area contributed by atoms with E-state index in [-0.39, 0.29) is 16.5 Å². The van der Waals surface area contributed by atoms with E-state index in [1.807, 2.05) is 0 Å². The molecule has 0 atom stereocenters. The van der Waals surface area contributed by atoms with E-state index in [2.05, 4.69) is 251 Å². The largest absolute Gasteiger partial charge is 2.00 e. The minimum absolute atomic E-state index is 0. The van der Waals surface area contributed by atoms with Gasteiger partial charge < -0.3 is 11.5 Å². The summed E-state index contributed by atoms with van der Waals surface area (Å²) in [5, 5.41) is 0. The van der Waals surface area contributed by atoms with Crippen LogP contribution in [0.2, 0.25) is 0 Å². The summed E-state index contributed by atoms with van der Waals surface area (Å²) >= 11 is 0. The maximum Gasteiger partial charge on any atom is 2.00 e. The van der Waals surface area contributed by atoms with Crippen molar-refractivity contribution in [3.05, 3.63) is 163 Å². The molecule has 0 amide bonds. The maximum absolute atomic E-state index is 9.65. The molecule has 2 N–H and O–H groups in total. The predicted octanol–water partition coefficient (Wildman–Crippen LogP) is 24.9. The van der Waals surface area contributed by atoms with Gasteiger partial charge >= 0.3 is 16.5 Å². The minimum Gasteiger partial charge on any atom is -0.698 e. The van der Waals surface area contributed by atoms with E-state index < -0.39 is 0 Å². The zero-order valence-corrected chi connectivity index (χ0v) is 52.3. The van der Waals surface area contributed by atoms with Gasteiger partial charge in [-0.3, -0.25) is 0 Å². The van der Waals surface area contributed by atoms with Crippen molar-refractivity contribution in [2.75, 3.05) is 0 Å². The Kier molecular flexibility index (Phi) is 22.0. The third-order valence-electron chi connectivity index (χ3n) is 15.7. The number of hydrogen-bond acceptors (Lipinski definition) is 0. The number of nitrogens with one attached hydrogen (secondary N) is 2. The second-order valence-corrected chi connectivity index (χ2v) is 25.6. The van der Waals surface area contributed by atoms with Crippen molar-refractivity contribution < 1.29 is 16.5 Å². The van der Waals surface area contributed by atoms with Crippen molar-refractivity contribution >= 4 is 11.4 Å². The molecule has 6 aromatic carbocycles. The molecule has 2 nitrogen and oxygen atoms in total. The third-order valence-corrected chi connectivity index (χ3v) is 15.7. The van der Waals surface area contributed by atoms with Crippen LogP contribution in [0.15, 0.2) is 84.9 Å². The fourth-order valence-electron chi connectivity index (χ4n) is 11.0. The van der Waals surface area contributed by atoms with E-state index in [1.165, 1.54) is 89.0 Å². The molecule has 0 aliphatic carbocycles. The van der Waals surface area contributed by atoms with Crippen molar-refractivity contribution in [2.24, 2.45) is 0 Å². The van der Waals surface area contributed by atoms with E-state index in [0.29, 0.717) is 82.4 Å². The van der Waals surface area contributed by atoms with Gasteiger partial charge in [0.25, 0.3) is 0 Å². The van der Waals surface area contributed by atoms with Crippen molar-refractivity contribution in [1.29, 1.82) is 0 Å². The molecular formula is C72H100N2Ni. The number of rotatable bonds is 16. The van der Waals surface area contributed by atoms with Crippen molar-refractivity contribution in [3.8, 4) is 44.5 Å². The average molecular weight is 1050 g/mol. The van der Waals surface area contributed by atoms with Gasteiger partial charge in [-0.05, 0) is 182 Å². The Balaban J connectivity index is 0.000000320. The molecule has 75 heavy (non-hydrogen) atoms. The summed E-state index contributed by atoms with van der Waals surface area (Å²) in [5.74, 6) is 5.01. The summed E-state index contributed by atoms with van der Waals surface area (Å²) in [6.07, 6.45) is 0. The van der Waals surface area contributed by atoms with Crippen LogP contribution in [-0.2, 0) is 16.5 Å². The van der Waals surface area contributed by atoms with Crippen LogP contribution >= 0.6 is 0 Å². The molecule has 0 spiro atoms. The quantitative estimate of drug-likeness (QED) is 0.0868. The van der Waals surface area contributed by atoms with Crippen molar-refractivity contribution in [2.45, 2.75) is 237 Å². The van der Waals surface area contributed by atoms with E-state index in [0.717, 1.165) is 22.3 Å². The molecule has 0 unspecified atom stereocenters. The Hall–Kier alpha value is -4.59. The first-order valence-electron chi connectivity index (χ1n) is 28.9.